The highest BCUT2D eigenvalue weighted by atomic mass is 79.9. The van der Waals surface area contributed by atoms with Gasteiger partial charge in [0.25, 0.3) is 5.91 Å². The molecular formula is C16H11Br3N4O. The fourth-order valence-corrected chi connectivity index (χ4v) is 4.61. The molecule has 0 saturated heterocycles. The molecule has 2 aromatic rings. The largest absolute Gasteiger partial charge is 0.280 e. The van der Waals surface area contributed by atoms with Crippen molar-refractivity contribution in [1.29, 1.82) is 0 Å². The van der Waals surface area contributed by atoms with Gasteiger partial charge in [0.15, 0.2) is 6.04 Å². The first-order chi connectivity index (χ1) is 11.5. The number of carbonyl (C=O) groups is 1. The van der Waals surface area contributed by atoms with Crippen LogP contribution in [0.4, 0.5) is 11.4 Å². The summed E-state index contributed by atoms with van der Waals surface area (Å²) in [6, 6.07) is 12.3. The average Bonchev–Trinajstić information content (AvgIpc) is 2.82. The molecule has 0 unspecified atom stereocenters. The van der Waals surface area contributed by atoms with Crippen molar-refractivity contribution in [2.75, 3.05) is 5.01 Å². The first-order valence-corrected chi connectivity index (χ1v) is 9.35. The van der Waals surface area contributed by atoms with E-state index in [1.165, 1.54) is 5.01 Å². The second-order valence-corrected chi connectivity index (χ2v) is 7.69. The molecule has 1 aliphatic rings. The standard InChI is InChI=1S/C16H11Br3N4O/c1-9-14(16(24)23(22-9)11-5-3-2-4-6-11)20-21-15-12(18)7-10(17)8-13(15)19/h2-8,14H,1H3/t14-/m0/s1. The second-order valence-electron chi connectivity index (χ2n) is 5.06. The number of azo groups is 1. The molecular weight excluding hydrogens is 504 g/mol. The van der Waals surface area contributed by atoms with Crippen LogP contribution in [-0.4, -0.2) is 17.7 Å². The summed E-state index contributed by atoms with van der Waals surface area (Å²) in [6.07, 6.45) is 0. The molecule has 8 heteroatoms. The van der Waals surface area contributed by atoms with Gasteiger partial charge in [-0.1, -0.05) is 34.1 Å². The fourth-order valence-electron chi connectivity index (χ4n) is 2.19. The van der Waals surface area contributed by atoms with Crippen LogP contribution < -0.4 is 5.01 Å². The zero-order chi connectivity index (χ0) is 17.3. The molecule has 0 N–H and O–H groups in total. The van der Waals surface area contributed by atoms with Gasteiger partial charge < -0.3 is 0 Å². The zero-order valence-corrected chi connectivity index (χ0v) is 17.2. The Kier molecular flexibility index (Phi) is 5.27. The first kappa shape index (κ1) is 17.4. The van der Waals surface area contributed by atoms with Gasteiger partial charge in [-0.25, -0.2) is 0 Å². The number of halogens is 3. The van der Waals surface area contributed by atoms with Crippen molar-refractivity contribution in [3.8, 4) is 0 Å². The number of amides is 1. The van der Waals surface area contributed by atoms with E-state index in [1.54, 1.807) is 6.92 Å². The van der Waals surface area contributed by atoms with Crippen LogP contribution >= 0.6 is 47.8 Å². The summed E-state index contributed by atoms with van der Waals surface area (Å²) in [6.45, 7) is 1.77. The van der Waals surface area contributed by atoms with Crippen molar-refractivity contribution in [1.82, 2.24) is 0 Å². The lowest BCUT2D eigenvalue weighted by molar-refractivity contribution is -0.117. The topological polar surface area (TPSA) is 57.4 Å². The molecule has 122 valence electrons. The number of carbonyl (C=O) groups excluding carboxylic acids is 1. The van der Waals surface area contributed by atoms with Crippen LogP contribution in [0.2, 0.25) is 0 Å². The van der Waals surface area contributed by atoms with E-state index in [0.717, 1.165) is 13.4 Å². The Morgan fingerprint density at radius 2 is 1.71 bits per heavy atom. The predicted octanol–water partition coefficient (Wildman–Crippen LogP) is 5.85. The van der Waals surface area contributed by atoms with E-state index < -0.39 is 6.04 Å². The molecule has 0 aromatic heterocycles. The number of hydrogen-bond donors (Lipinski definition) is 0. The molecule has 3 rings (SSSR count). The van der Waals surface area contributed by atoms with Crippen molar-refractivity contribution >= 4 is 70.8 Å². The van der Waals surface area contributed by atoms with E-state index in [4.69, 9.17) is 0 Å². The van der Waals surface area contributed by atoms with Gasteiger partial charge in [-0.2, -0.15) is 20.3 Å². The van der Waals surface area contributed by atoms with Crippen molar-refractivity contribution in [3.05, 3.63) is 55.9 Å². The predicted molar refractivity (Wildman–Crippen MR) is 105 cm³/mol. The minimum absolute atomic E-state index is 0.216. The lowest BCUT2D eigenvalue weighted by Gasteiger charge is -2.12. The Morgan fingerprint density at radius 1 is 1.08 bits per heavy atom. The Bertz CT molecular complexity index is 829. The van der Waals surface area contributed by atoms with Gasteiger partial charge in [-0.3, -0.25) is 4.79 Å². The molecule has 1 amide bonds. The molecule has 0 spiro atoms. The number of benzene rings is 2. The van der Waals surface area contributed by atoms with E-state index in [1.807, 2.05) is 42.5 Å². The molecule has 1 atom stereocenters. The molecule has 0 fully saturated rings. The molecule has 1 aliphatic heterocycles. The smallest absolute Gasteiger partial charge is 0.269 e. The number of rotatable bonds is 3. The Labute approximate surface area is 164 Å². The summed E-state index contributed by atoms with van der Waals surface area (Å²) < 4.78 is 2.45. The third kappa shape index (κ3) is 3.50. The summed E-state index contributed by atoms with van der Waals surface area (Å²) in [5, 5.41) is 14.1. The normalized spacial score (nSPS) is 17.7. The van der Waals surface area contributed by atoms with Crippen molar-refractivity contribution in [2.45, 2.75) is 13.0 Å². The second kappa shape index (κ2) is 7.25. The van der Waals surface area contributed by atoms with Crippen LogP contribution in [0.5, 0.6) is 0 Å². The molecule has 0 saturated carbocycles. The number of nitrogens with zero attached hydrogens (tertiary/aromatic N) is 4. The lowest BCUT2D eigenvalue weighted by Crippen LogP contribution is -2.29. The summed E-state index contributed by atoms with van der Waals surface area (Å²) in [5.41, 5.74) is 1.94. The summed E-state index contributed by atoms with van der Waals surface area (Å²) >= 11 is 10.3. The van der Waals surface area contributed by atoms with E-state index in [-0.39, 0.29) is 5.91 Å². The maximum Gasteiger partial charge on any atom is 0.280 e. The van der Waals surface area contributed by atoms with E-state index >= 15 is 0 Å². The molecule has 0 radical (unpaired) electrons. The first-order valence-electron chi connectivity index (χ1n) is 6.97. The Balaban J connectivity index is 1.87. The van der Waals surface area contributed by atoms with Gasteiger partial charge in [0, 0.05) is 13.4 Å². The van der Waals surface area contributed by atoms with Crippen molar-refractivity contribution in [2.24, 2.45) is 15.3 Å². The maximum atomic E-state index is 12.6. The molecule has 2 aromatic carbocycles. The summed E-state index contributed by atoms with van der Waals surface area (Å²) in [5.74, 6) is -0.216. The van der Waals surface area contributed by atoms with Crippen molar-refractivity contribution in [3.63, 3.8) is 0 Å². The van der Waals surface area contributed by atoms with Crippen LogP contribution in [0.25, 0.3) is 0 Å². The lowest BCUT2D eigenvalue weighted by atomic mass is 10.2. The third-order valence-corrected chi connectivity index (χ3v) is 5.02. The number of anilines is 1. The van der Waals surface area contributed by atoms with Gasteiger partial charge in [0.1, 0.15) is 5.69 Å². The van der Waals surface area contributed by atoms with E-state index in [9.17, 15) is 4.79 Å². The van der Waals surface area contributed by atoms with Crippen LogP contribution in [-0.2, 0) is 4.79 Å². The molecule has 24 heavy (non-hydrogen) atoms. The van der Waals surface area contributed by atoms with E-state index in [2.05, 4.69) is 63.1 Å². The van der Waals surface area contributed by atoms with Gasteiger partial charge in [-0.05, 0) is 63.0 Å². The Morgan fingerprint density at radius 3 is 2.33 bits per heavy atom. The molecule has 5 nitrogen and oxygen atoms in total. The van der Waals surface area contributed by atoms with Crippen LogP contribution in [0.15, 0.2) is 71.2 Å². The number of hydrazone groups is 1. The highest BCUT2D eigenvalue weighted by molar-refractivity contribution is 9.11. The highest BCUT2D eigenvalue weighted by Gasteiger charge is 2.34. The average molecular weight is 515 g/mol. The fraction of sp³-hybridized carbons (Fsp3) is 0.125. The zero-order valence-electron chi connectivity index (χ0n) is 12.4. The third-order valence-electron chi connectivity index (χ3n) is 3.35. The molecule has 1 heterocycles. The summed E-state index contributed by atoms with van der Waals surface area (Å²) in [4.78, 5) is 12.6. The van der Waals surface area contributed by atoms with Crippen LogP contribution in [0, 0.1) is 0 Å². The number of para-hydroxylation sites is 1. The minimum Gasteiger partial charge on any atom is -0.269 e. The summed E-state index contributed by atoms with van der Waals surface area (Å²) in [7, 11) is 0. The molecule has 0 aliphatic carbocycles. The van der Waals surface area contributed by atoms with Gasteiger partial charge in [0.05, 0.1) is 11.4 Å². The Hall–Kier alpha value is -1.38. The SMILES string of the molecule is CC1=NN(c2ccccc2)C(=O)[C@H]1N=Nc1c(Br)cc(Br)cc1Br. The van der Waals surface area contributed by atoms with Gasteiger partial charge in [0.2, 0.25) is 0 Å². The van der Waals surface area contributed by atoms with Gasteiger partial charge in [-0.15, -0.1) is 0 Å². The maximum absolute atomic E-state index is 12.6. The van der Waals surface area contributed by atoms with Crippen molar-refractivity contribution < 1.29 is 4.79 Å². The minimum atomic E-state index is -0.715. The van der Waals surface area contributed by atoms with Gasteiger partial charge >= 0.3 is 0 Å². The monoisotopic (exact) mass is 512 g/mol. The highest BCUT2D eigenvalue weighted by Crippen LogP contribution is 2.37. The van der Waals surface area contributed by atoms with Crippen LogP contribution in [0.3, 0.4) is 0 Å². The quantitative estimate of drug-likeness (QED) is 0.474. The van der Waals surface area contributed by atoms with E-state index in [0.29, 0.717) is 17.1 Å². The number of hydrogen-bond acceptors (Lipinski definition) is 4. The molecule has 0 bridgehead atoms. The van der Waals surface area contributed by atoms with Crippen LogP contribution in [0.1, 0.15) is 6.92 Å².